The largest absolute Gasteiger partial charge is 0.453 e. The molecule has 2 heterocycles. The van der Waals surface area contributed by atoms with E-state index < -0.39 is 0 Å². The molecule has 0 spiro atoms. The highest BCUT2D eigenvalue weighted by molar-refractivity contribution is 7.26. The lowest BCUT2D eigenvalue weighted by molar-refractivity contribution is 0.673. The zero-order chi connectivity index (χ0) is 34.9. The Morgan fingerprint density at radius 3 is 1.53 bits per heavy atom. The zero-order valence-electron chi connectivity index (χ0n) is 28.7. The number of rotatable bonds is 5. The van der Waals surface area contributed by atoms with Crippen LogP contribution in [0.3, 0.4) is 0 Å². The topological polar surface area (TPSA) is 16.4 Å². The molecule has 2 aromatic heterocycles. The molecule has 53 heavy (non-hydrogen) atoms. The van der Waals surface area contributed by atoms with Crippen LogP contribution in [0, 0.1) is 0 Å². The summed E-state index contributed by atoms with van der Waals surface area (Å²) in [4.78, 5) is 2.34. The maximum absolute atomic E-state index is 7.02. The number of hydrogen-bond donors (Lipinski definition) is 0. The summed E-state index contributed by atoms with van der Waals surface area (Å²) in [5, 5.41) is 9.66. The standard InChI is InChI=1S/C50H31NOS/c1-3-10-36-30-38(18-16-32(36)8-1)34-20-24-40(25-21-34)51(41-26-22-35(23-27-41)39-19-17-33-9-2-4-11-37(33)31-39)45-14-7-13-42-43-28-29-47-48(50(43)52-49(42)45)44-12-5-6-15-46(44)53-47/h1-31H. The fourth-order valence-electron chi connectivity index (χ4n) is 8.00. The summed E-state index contributed by atoms with van der Waals surface area (Å²) in [7, 11) is 0. The lowest BCUT2D eigenvalue weighted by Crippen LogP contribution is -2.10. The van der Waals surface area contributed by atoms with Gasteiger partial charge in [0.2, 0.25) is 0 Å². The molecule has 0 fully saturated rings. The van der Waals surface area contributed by atoms with Gasteiger partial charge in [-0.2, -0.15) is 0 Å². The molecule has 0 unspecified atom stereocenters. The van der Waals surface area contributed by atoms with Crippen molar-refractivity contribution in [1.29, 1.82) is 0 Å². The van der Waals surface area contributed by atoms with Crippen LogP contribution in [-0.4, -0.2) is 0 Å². The maximum atomic E-state index is 7.02. The first-order chi connectivity index (χ1) is 26.2. The van der Waals surface area contributed by atoms with E-state index in [2.05, 4.69) is 193 Å². The van der Waals surface area contributed by atoms with E-state index >= 15 is 0 Å². The molecule has 0 aliphatic rings. The number of hydrogen-bond acceptors (Lipinski definition) is 3. The van der Waals surface area contributed by atoms with Gasteiger partial charge < -0.3 is 9.32 Å². The van der Waals surface area contributed by atoms with Crippen LogP contribution in [-0.2, 0) is 0 Å². The van der Waals surface area contributed by atoms with Crippen LogP contribution >= 0.6 is 11.3 Å². The van der Waals surface area contributed by atoms with E-state index in [4.69, 9.17) is 4.42 Å². The minimum Gasteiger partial charge on any atom is -0.453 e. The van der Waals surface area contributed by atoms with Crippen LogP contribution in [0.5, 0.6) is 0 Å². The highest BCUT2D eigenvalue weighted by Crippen LogP contribution is 2.46. The van der Waals surface area contributed by atoms with E-state index in [-0.39, 0.29) is 0 Å². The molecule has 0 aliphatic carbocycles. The molecule has 2 nitrogen and oxygen atoms in total. The Morgan fingerprint density at radius 2 is 0.887 bits per heavy atom. The lowest BCUT2D eigenvalue weighted by atomic mass is 10.00. The molecule has 11 rings (SSSR count). The van der Waals surface area contributed by atoms with Gasteiger partial charge in [-0.05, 0) is 104 Å². The molecule has 248 valence electrons. The van der Waals surface area contributed by atoms with Crippen LogP contribution in [0.15, 0.2) is 192 Å². The number of furan rings is 1. The Hall–Kier alpha value is -6.68. The molecule has 9 aromatic carbocycles. The molecule has 0 atom stereocenters. The molecule has 0 bridgehead atoms. The minimum absolute atomic E-state index is 0.877. The van der Waals surface area contributed by atoms with Crippen LogP contribution < -0.4 is 4.90 Å². The van der Waals surface area contributed by atoms with Gasteiger partial charge in [0.25, 0.3) is 0 Å². The quantitative estimate of drug-likeness (QED) is 0.178. The Labute approximate surface area is 310 Å². The van der Waals surface area contributed by atoms with E-state index in [1.165, 1.54) is 64.0 Å². The second kappa shape index (κ2) is 11.9. The molecule has 0 saturated heterocycles. The van der Waals surface area contributed by atoms with Crippen molar-refractivity contribution in [3.8, 4) is 22.3 Å². The number of anilines is 3. The number of para-hydroxylation sites is 1. The Morgan fingerprint density at radius 1 is 0.358 bits per heavy atom. The SMILES string of the molecule is c1ccc2cc(-c3ccc(N(c4ccc(-c5ccc6ccccc6c5)cc4)c4cccc5c4oc4c5ccc5sc6ccccc6c54)cc3)ccc2c1. The maximum Gasteiger partial charge on any atom is 0.159 e. The highest BCUT2D eigenvalue weighted by Gasteiger charge is 2.21. The number of nitrogens with zero attached hydrogens (tertiary/aromatic N) is 1. The summed E-state index contributed by atoms with van der Waals surface area (Å²) in [5.74, 6) is 0. The summed E-state index contributed by atoms with van der Waals surface area (Å²) in [6, 6.07) is 67.9. The van der Waals surface area contributed by atoms with Crippen molar-refractivity contribution in [3.63, 3.8) is 0 Å². The van der Waals surface area contributed by atoms with Crippen LogP contribution in [0.1, 0.15) is 0 Å². The van der Waals surface area contributed by atoms with Gasteiger partial charge >= 0.3 is 0 Å². The molecule has 0 radical (unpaired) electrons. The second-order valence-corrected chi connectivity index (χ2v) is 14.8. The van der Waals surface area contributed by atoms with Gasteiger partial charge in [-0.3, -0.25) is 0 Å². The van der Waals surface area contributed by atoms with E-state index in [0.717, 1.165) is 39.0 Å². The number of fused-ring (bicyclic) bond motifs is 9. The first kappa shape index (κ1) is 30.0. The normalized spacial score (nSPS) is 11.8. The van der Waals surface area contributed by atoms with E-state index in [1.54, 1.807) is 0 Å². The Bertz CT molecular complexity index is 3050. The predicted octanol–water partition coefficient (Wildman–Crippen LogP) is 15.1. The molecule has 0 saturated carbocycles. The van der Waals surface area contributed by atoms with Crippen molar-refractivity contribution in [1.82, 2.24) is 0 Å². The van der Waals surface area contributed by atoms with Gasteiger partial charge in [0.05, 0.1) is 5.69 Å². The predicted molar refractivity (Wildman–Crippen MR) is 227 cm³/mol. The lowest BCUT2D eigenvalue weighted by Gasteiger charge is -2.26. The van der Waals surface area contributed by atoms with Gasteiger partial charge in [0, 0.05) is 42.3 Å². The zero-order valence-corrected chi connectivity index (χ0v) is 29.5. The Balaban J connectivity index is 1.08. The van der Waals surface area contributed by atoms with E-state index in [1.807, 2.05) is 11.3 Å². The van der Waals surface area contributed by atoms with Gasteiger partial charge in [0.15, 0.2) is 5.58 Å². The molecule has 0 N–H and O–H groups in total. The van der Waals surface area contributed by atoms with Crippen molar-refractivity contribution in [2.45, 2.75) is 0 Å². The van der Waals surface area contributed by atoms with Crippen LogP contribution in [0.4, 0.5) is 17.1 Å². The summed E-state index contributed by atoms with van der Waals surface area (Å²) in [5.41, 5.74) is 9.71. The highest BCUT2D eigenvalue weighted by atomic mass is 32.1. The van der Waals surface area contributed by atoms with Crippen molar-refractivity contribution >= 4 is 92.1 Å². The average Bonchev–Trinajstić information content (AvgIpc) is 3.80. The van der Waals surface area contributed by atoms with Crippen LogP contribution in [0.25, 0.3) is 85.9 Å². The van der Waals surface area contributed by atoms with Gasteiger partial charge in [0.1, 0.15) is 5.58 Å². The minimum atomic E-state index is 0.877. The van der Waals surface area contributed by atoms with Crippen molar-refractivity contribution in [2.75, 3.05) is 4.90 Å². The molecule has 0 amide bonds. The second-order valence-electron chi connectivity index (χ2n) is 13.7. The molecule has 11 aromatic rings. The third-order valence-electron chi connectivity index (χ3n) is 10.6. The first-order valence-electron chi connectivity index (χ1n) is 18.0. The molecular weight excluding hydrogens is 663 g/mol. The average molecular weight is 694 g/mol. The molecule has 0 aliphatic heterocycles. The van der Waals surface area contributed by atoms with Crippen molar-refractivity contribution < 1.29 is 4.42 Å². The fraction of sp³-hybridized carbons (Fsp3) is 0. The fourth-order valence-corrected chi connectivity index (χ4v) is 9.10. The molecular formula is C50H31NOS. The molecule has 3 heteroatoms. The first-order valence-corrected chi connectivity index (χ1v) is 18.8. The third-order valence-corrected chi connectivity index (χ3v) is 11.8. The third kappa shape index (κ3) is 4.93. The summed E-state index contributed by atoms with van der Waals surface area (Å²) in [6.45, 7) is 0. The van der Waals surface area contributed by atoms with Crippen molar-refractivity contribution in [3.05, 3.63) is 188 Å². The summed E-state index contributed by atoms with van der Waals surface area (Å²) >= 11 is 1.82. The smallest absolute Gasteiger partial charge is 0.159 e. The van der Waals surface area contributed by atoms with E-state index in [9.17, 15) is 0 Å². The Kier molecular flexibility index (Phi) is 6.76. The van der Waals surface area contributed by atoms with Crippen LogP contribution in [0.2, 0.25) is 0 Å². The number of thiophene rings is 1. The summed E-state index contributed by atoms with van der Waals surface area (Å²) in [6.07, 6.45) is 0. The number of benzene rings is 9. The van der Waals surface area contributed by atoms with Crippen molar-refractivity contribution in [2.24, 2.45) is 0 Å². The van der Waals surface area contributed by atoms with Gasteiger partial charge in [-0.25, -0.2) is 0 Å². The van der Waals surface area contributed by atoms with Gasteiger partial charge in [-0.15, -0.1) is 11.3 Å². The monoisotopic (exact) mass is 693 g/mol. The summed E-state index contributed by atoms with van der Waals surface area (Å²) < 4.78 is 9.53. The van der Waals surface area contributed by atoms with Gasteiger partial charge in [-0.1, -0.05) is 127 Å². The van der Waals surface area contributed by atoms with E-state index in [0.29, 0.717) is 0 Å².